The van der Waals surface area contributed by atoms with E-state index in [1.807, 2.05) is 13.0 Å². The molecule has 0 radical (unpaired) electrons. The topological polar surface area (TPSA) is 87.5 Å². The first-order chi connectivity index (χ1) is 9.51. The number of nitrogens with one attached hydrogen (secondary N) is 2. The zero-order valence-corrected chi connectivity index (χ0v) is 11.8. The zero-order valence-electron chi connectivity index (χ0n) is 11.8. The Bertz CT molecular complexity index is 542. The molecule has 0 fully saturated rings. The number of likely N-dealkylation sites (N-methyl/N-ethyl adjacent to an activating group) is 1. The normalized spacial score (nSPS) is 12.8. The van der Waals surface area contributed by atoms with Gasteiger partial charge in [0.25, 0.3) is 0 Å². The van der Waals surface area contributed by atoms with Crippen LogP contribution in [0.2, 0.25) is 0 Å². The van der Waals surface area contributed by atoms with Crippen molar-refractivity contribution in [2.75, 3.05) is 36.1 Å². The quantitative estimate of drug-likeness (QED) is 0.692. The van der Waals surface area contributed by atoms with Crippen LogP contribution in [0.1, 0.15) is 18.9 Å². The van der Waals surface area contributed by atoms with E-state index in [1.54, 1.807) is 18.0 Å². The summed E-state index contributed by atoms with van der Waals surface area (Å²) in [6.07, 6.45) is 1.27. The second-order valence-corrected chi connectivity index (χ2v) is 5.00. The average Bonchev–Trinajstić information content (AvgIpc) is 2.74. The van der Waals surface area contributed by atoms with E-state index >= 15 is 0 Å². The third kappa shape index (κ3) is 3.01. The van der Waals surface area contributed by atoms with Crippen molar-refractivity contribution in [1.29, 1.82) is 0 Å². The van der Waals surface area contributed by atoms with E-state index < -0.39 is 0 Å². The molecule has 0 aliphatic carbocycles. The summed E-state index contributed by atoms with van der Waals surface area (Å²) in [6.45, 7) is 2.91. The Labute approximate surface area is 118 Å². The molecule has 6 heteroatoms. The van der Waals surface area contributed by atoms with E-state index in [-0.39, 0.29) is 18.4 Å². The first-order valence-corrected chi connectivity index (χ1v) is 6.71. The van der Waals surface area contributed by atoms with Crippen LogP contribution in [0.5, 0.6) is 0 Å². The van der Waals surface area contributed by atoms with Crippen LogP contribution in [0, 0.1) is 0 Å². The number of hydrogen-bond donors (Lipinski definition) is 3. The summed E-state index contributed by atoms with van der Waals surface area (Å²) in [6, 6.07) is 3.62. The fourth-order valence-corrected chi connectivity index (χ4v) is 2.23. The van der Waals surface area contributed by atoms with Gasteiger partial charge in [0.2, 0.25) is 11.8 Å². The number of nitrogens with two attached hydrogens (primary N) is 1. The Morgan fingerprint density at radius 1 is 1.50 bits per heavy atom. The second kappa shape index (κ2) is 5.81. The van der Waals surface area contributed by atoms with Crippen LogP contribution in [0.4, 0.5) is 17.1 Å². The van der Waals surface area contributed by atoms with Gasteiger partial charge in [0, 0.05) is 19.3 Å². The number of carbonyl (C=O) groups is 2. The summed E-state index contributed by atoms with van der Waals surface area (Å²) in [4.78, 5) is 24.9. The molecular formula is C14H20N4O2. The van der Waals surface area contributed by atoms with E-state index in [4.69, 9.17) is 5.73 Å². The minimum Gasteiger partial charge on any atom is -0.397 e. The number of nitrogens with zero attached hydrogens (tertiary/aromatic N) is 1. The fourth-order valence-electron chi connectivity index (χ4n) is 2.23. The van der Waals surface area contributed by atoms with Crippen LogP contribution in [-0.2, 0) is 16.0 Å². The number of anilines is 3. The SMILES string of the molecule is CCCNC(=O)CN(C)c1cc2c(cc1N)CC(=O)N2. The maximum atomic E-state index is 11.7. The molecule has 6 nitrogen and oxygen atoms in total. The van der Waals surface area contributed by atoms with Crippen molar-refractivity contribution in [2.24, 2.45) is 0 Å². The molecule has 108 valence electrons. The highest BCUT2D eigenvalue weighted by Gasteiger charge is 2.20. The molecule has 1 aromatic rings. The Balaban J connectivity index is 2.11. The molecule has 2 rings (SSSR count). The molecule has 0 saturated heterocycles. The van der Waals surface area contributed by atoms with Crippen molar-refractivity contribution in [1.82, 2.24) is 5.32 Å². The predicted octanol–water partition coefficient (Wildman–Crippen LogP) is 0.726. The molecule has 1 heterocycles. The fraction of sp³-hybridized carbons (Fsp3) is 0.429. The summed E-state index contributed by atoms with van der Waals surface area (Å²) in [5, 5.41) is 5.61. The Morgan fingerprint density at radius 3 is 2.95 bits per heavy atom. The summed E-state index contributed by atoms with van der Waals surface area (Å²) < 4.78 is 0. The molecule has 2 amide bonds. The van der Waals surface area contributed by atoms with Crippen molar-refractivity contribution in [3.05, 3.63) is 17.7 Å². The Kier molecular flexibility index (Phi) is 4.12. The van der Waals surface area contributed by atoms with Crippen molar-refractivity contribution in [3.8, 4) is 0 Å². The van der Waals surface area contributed by atoms with Crippen molar-refractivity contribution < 1.29 is 9.59 Å². The molecule has 4 N–H and O–H groups in total. The van der Waals surface area contributed by atoms with E-state index in [0.29, 0.717) is 18.7 Å². The number of benzene rings is 1. The number of carbonyl (C=O) groups excluding carboxylic acids is 2. The number of rotatable bonds is 5. The summed E-state index contributed by atoms with van der Waals surface area (Å²) in [5.41, 5.74) is 9.01. The van der Waals surface area contributed by atoms with Gasteiger partial charge in [0.1, 0.15) is 0 Å². The minimum absolute atomic E-state index is 0.0279. The highest BCUT2D eigenvalue weighted by molar-refractivity contribution is 6.01. The molecular weight excluding hydrogens is 256 g/mol. The summed E-state index contributed by atoms with van der Waals surface area (Å²) in [7, 11) is 1.81. The van der Waals surface area contributed by atoms with Crippen LogP contribution >= 0.6 is 0 Å². The highest BCUT2D eigenvalue weighted by atomic mass is 16.2. The Morgan fingerprint density at radius 2 is 2.25 bits per heavy atom. The van der Waals surface area contributed by atoms with Gasteiger partial charge < -0.3 is 21.3 Å². The smallest absolute Gasteiger partial charge is 0.239 e. The third-order valence-corrected chi connectivity index (χ3v) is 3.24. The van der Waals surface area contributed by atoms with Gasteiger partial charge in [-0.2, -0.15) is 0 Å². The average molecular weight is 276 g/mol. The van der Waals surface area contributed by atoms with E-state index in [1.165, 1.54) is 0 Å². The predicted molar refractivity (Wildman–Crippen MR) is 79.8 cm³/mol. The van der Waals surface area contributed by atoms with Gasteiger partial charge in [0.05, 0.1) is 24.3 Å². The largest absolute Gasteiger partial charge is 0.397 e. The zero-order chi connectivity index (χ0) is 14.7. The third-order valence-electron chi connectivity index (χ3n) is 3.24. The Hall–Kier alpha value is -2.24. The van der Waals surface area contributed by atoms with E-state index in [2.05, 4.69) is 10.6 Å². The molecule has 20 heavy (non-hydrogen) atoms. The molecule has 1 aromatic carbocycles. The standard InChI is InChI=1S/C14H20N4O2/c1-3-4-16-14(20)8-18(2)12-7-11-9(5-10(12)15)6-13(19)17-11/h5,7H,3-4,6,8,15H2,1-2H3,(H,16,20)(H,17,19). The molecule has 0 aromatic heterocycles. The van der Waals surface area contributed by atoms with Crippen LogP contribution in [0.25, 0.3) is 0 Å². The molecule has 0 atom stereocenters. The molecule has 1 aliphatic heterocycles. The first kappa shape index (κ1) is 14.2. The molecule has 0 saturated carbocycles. The molecule has 1 aliphatic rings. The van der Waals surface area contributed by atoms with Gasteiger partial charge in [-0.05, 0) is 24.1 Å². The lowest BCUT2D eigenvalue weighted by Crippen LogP contribution is -2.35. The van der Waals surface area contributed by atoms with Crippen molar-refractivity contribution >= 4 is 28.9 Å². The van der Waals surface area contributed by atoms with Crippen LogP contribution in [0.3, 0.4) is 0 Å². The van der Waals surface area contributed by atoms with Crippen LogP contribution in [0.15, 0.2) is 12.1 Å². The highest BCUT2D eigenvalue weighted by Crippen LogP contribution is 2.33. The maximum absolute atomic E-state index is 11.7. The lowest BCUT2D eigenvalue weighted by Gasteiger charge is -2.21. The van der Waals surface area contributed by atoms with Crippen molar-refractivity contribution in [3.63, 3.8) is 0 Å². The van der Waals surface area contributed by atoms with Crippen LogP contribution < -0.4 is 21.3 Å². The van der Waals surface area contributed by atoms with Gasteiger partial charge in [-0.3, -0.25) is 9.59 Å². The lowest BCUT2D eigenvalue weighted by atomic mass is 10.1. The minimum atomic E-state index is -0.0433. The van der Waals surface area contributed by atoms with Crippen molar-refractivity contribution in [2.45, 2.75) is 19.8 Å². The van der Waals surface area contributed by atoms with Gasteiger partial charge in [-0.15, -0.1) is 0 Å². The summed E-state index contributed by atoms with van der Waals surface area (Å²) >= 11 is 0. The summed E-state index contributed by atoms with van der Waals surface area (Å²) in [5.74, 6) is -0.0711. The monoisotopic (exact) mass is 276 g/mol. The van der Waals surface area contributed by atoms with Gasteiger partial charge >= 0.3 is 0 Å². The molecule has 0 unspecified atom stereocenters. The lowest BCUT2D eigenvalue weighted by molar-refractivity contribution is -0.119. The van der Waals surface area contributed by atoms with E-state index in [9.17, 15) is 9.59 Å². The van der Waals surface area contributed by atoms with Crippen LogP contribution in [-0.4, -0.2) is 32.0 Å². The molecule has 0 spiro atoms. The van der Waals surface area contributed by atoms with Gasteiger partial charge in [-0.1, -0.05) is 6.92 Å². The number of fused-ring (bicyclic) bond motifs is 1. The first-order valence-electron chi connectivity index (χ1n) is 6.71. The second-order valence-electron chi connectivity index (χ2n) is 5.00. The van der Waals surface area contributed by atoms with E-state index in [0.717, 1.165) is 23.4 Å². The van der Waals surface area contributed by atoms with Gasteiger partial charge in [-0.25, -0.2) is 0 Å². The number of amides is 2. The maximum Gasteiger partial charge on any atom is 0.239 e. The number of hydrogen-bond acceptors (Lipinski definition) is 4. The van der Waals surface area contributed by atoms with Gasteiger partial charge in [0.15, 0.2) is 0 Å². The molecule has 0 bridgehead atoms. The number of nitrogen functional groups attached to an aromatic ring is 1.